The largest absolute Gasteiger partial charge is 0.609 e. The van der Waals surface area contributed by atoms with E-state index in [1.54, 1.807) is 99.6 Å². The van der Waals surface area contributed by atoms with Crippen molar-refractivity contribution < 1.29 is 37.9 Å². The highest BCUT2D eigenvalue weighted by Gasteiger charge is 2.57. The summed E-state index contributed by atoms with van der Waals surface area (Å²) in [5.74, 6) is -1.72. The van der Waals surface area contributed by atoms with Crippen molar-refractivity contribution in [1.29, 1.82) is 0 Å². The highest BCUT2D eigenvalue weighted by Crippen LogP contribution is 2.36. The molecule has 1 unspecified atom stereocenters. The van der Waals surface area contributed by atoms with Crippen LogP contribution in [0.5, 0.6) is 0 Å². The first kappa shape index (κ1) is 30.1. The van der Waals surface area contributed by atoms with Gasteiger partial charge < -0.3 is 23.5 Å². The lowest BCUT2D eigenvalue weighted by Gasteiger charge is -2.44. The average Bonchev–Trinajstić information content (AvgIpc) is 2.75. The fourth-order valence-electron chi connectivity index (χ4n) is 3.16. The van der Waals surface area contributed by atoms with Gasteiger partial charge in [0.15, 0.2) is 17.1 Å². The molecule has 0 bridgehead atoms. The van der Waals surface area contributed by atoms with Crippen LogP contribution >= 0.6 is 0 Å². The molecule has 0 aliphatic carbocycles. The molecule has 1 aliphatic rings. The van der Waals surface area contributed by atoms with Crippen molar-refractivity contribution in [1.82, 2.24) is 0 Å². The minimum atomic E-state index is -1.80. The third-order valence-electron chi connectivity index (χ3n) is 5.48. The van der Waals surface area contributed by atoms with Crippen molar-refractivity contribution in [2.45, 2.75) is 104 Å². The molecule has 1 saturated heterocycles. The van der Waals surface area contributed by atoms with Crippen LogP contribution < -0.4 is 0 Å². The summed E-state index contributed by atoms with van der Waals surface area (Å²) >= 11 is -1.80. The standard InChI is InChI=1S/C27H40O8S/c1-16-18(33-22(28)25(2,3)4)19(34-23(29)26(5,6)7)20(35-24(30)27(8,9)10)21(32-16)36(31)17-14-12-11-13-15-17/h11-16,18-21H,1-10H3/t16-,18+,19+,20-,21+,36?/m0/s1. The van der Waals surface area contributed by atoms with Gasteiger partial charge in [0.25, 0.3) is 5.44 Å². The molecule has 6 atom stereocenters. The molecule has 0 aromatic heterocycles. The van der Waals surface area contributed by atoms with E-state index in [1.165, 1.54) is 0 Å². The molecule has 0 radical (unpaired) electrons. The van der Waals surface area contributed by atoms with E-state index in [0.717, 1.165) is 0 Å². The van der Waals surface area contributed by atoms with Crippen molar-refractivity contribution >= 4 is 29.1 Å². The SMILES string of the molecule is C[C@@H]1O[C@H]([S+]([O-])c2ccccc2)[C@@H](OC(=O)C(C)(C)C)[C@H](OC(=O)C(C)(C)C)[C@@H]1OC(=O)C(C)(C)C. The summed E-state index contributed by atoms with van der Waals surface area (Å²) in [7, 11) is 0. The van der Waals surface area contributed by atoms with E-state index < -0.39 is 75.2 Å². The molecule has 8 nitrogen and oxygen atoms in total. The number of carbonyl (C=O) groups excluding carboxylic acids is 3. The van der Waals surface area contributed by atoms with E-state index >= 15 is 0 Å². The zero-order chi connectivity index (χ0) is 27.6. The molecule has 0 N–H and O–H groups in total. The van der Waals surface area contributed by atoms with E-state index in [9.17, 15) is 18.9 Å². The predicted molar refractivity (Wildman–Crippen MR) is 135 cm³/mol. The predicted octanol–water partition coefficient (Wildman–Crippen LogP) is 4.41. The highest BCUT2D eigenvalue weighted by molar-refractivity contribution is 7.92. The van der Waals surface area contributed by atoms with E-state index in [4.69, 9.17) is 18.9 Å². The maximum Gasteiger partial charge on any atom is 0.311 e. The number of ether oxygens (including phenoxy) is 4. The van der Waals surface area contributed by atoms with Gasteiger partial charge in [-0.1, -0.05) is 18.2 Å². The van der Waals surface area contributed by atoms with Crippen LogP contribution in [0.25, 0.3) is 0 Å². The van der Waals surface area contributed by atoms with E-state index in [1.807, 2.05) is 0 Å². The summed E-state index contributed by atoms with van der Waals surface area (Å²) in [6.45, 7) is 16.8. The normalized spacial score (nSPS) is 26.0. The average molecular weight is 525 g/mol. The Hall–Kier alpha value is -2.10. The fraction of sp³-hybridized carbons (Fsp3) is 0.667. The zero-order valence-electron chi connectivity index (χ0n) is 22.9. The molecule has 202 valence electrons. The summed E-state index contributed by atoms with van der Waals surface area (Å²) < 4.78 is 37.3. The lowest BCUT2D eigenvalue weighted by atomic mass is 9.94. The molecule has 1 fully saturated rings. The van der Waals surface area contributed by atoms with Crippen molar-refractivity contribution in [3.05, 3.63) is 30.3 Å². The molecule has 2 rings (SSSR count). The van der Waals surface area contributed by atoms with Crippen molar-refractivity contribution in [2.24, 2.45) is 16.2 Å². The summed E-state index contributed by atoms with van der Waals surface area (Å²) in [5, 5.41) is 0. The quantitative estimate of drug-likeness (QED) is 0.316. The van der Waals surface area contributed by atoms with Crippen LogP contribution in [0.3, 0.4) is 0 Å². The number of hydrogen-bond donors (Lipinski definition) is 0. The summed E-state index contributed by atoms with van der Waals surface area (Å²) in [6.07, 6.45) is -4.44. The Morgan fingerprint density at radius 3 is 1.53 bits per heavy atom. The van der Waals surface area contributed by atoms with Gasteiger partial charge in [-0.05, 0) is 81.4 Å². The lowest BCUT2D eigenvalue weighted by molar-refractivity contribution is -0.239. The van der Waals surface area contributed by atoms with E-state index in [2.05, 4.69) is 0 Å². The second-order valence-corrected chi connectivity index (χ2v) is 13.7. The molecular weight excluding hydrogens is 484 g/mol. The molecule has 1 aromatic carbocycles. The van der Waals surface area contributed by atoms with Crippen molar-refractivity contribution in [3.63, 3.8) is 0 Å². The number of carbonyl (C=O) groups is 3. The first-order valence-electron chi connectivity index (χ1n) is 12.1. The Kier molecular flexibility index (Phi) is 9.30. The molecule has 1 aromatic rings. The molecule has 0 saturated carbocycles. The maximum absolute atomic E-state index is 13.6. The Balaban J connectivity index is 2.60. The third kappa shape index (κ3) is 7.46. The topological polar surface area (TPSA) is 111 Å². The second-order valence-electron chi connectivity index (χ2n) is 12.2. The smallest absolute Gasteiger partial charge is 0.311 e. The Morgan fingerprint density at radius 2 is 1.11 bits per heavy atom. The number of hydrogen-bond acceptors (Lipinski definition) is 8. The van der Waals surface area contributed by atoms with E-state index in [0.29, 0.717) is 4.90 Å². The van der Waals surface area contributed by atoms with Crippen LogP contribution in [-0.4, -0.2) is 52.3 Å². The molecule has 36 heavy (non-hydrogen) atoms. The molecule has 9 heteroatoms. The Morgan fingerprint density at radius 1 is 0.722 bits per heavy atom. The molecule has 1 aliphatic heterocycles. The van der Waals surface area contributed by atoms with Gasteiger partial charge in [0.1, 0.15) is 6.10 Å². The third-order valence-corrected chi connectivity index (χ3v) is 7.02. The first-order chi connectivity index (χ1) is 16.3. The Labute approximate surface area is 217 Å². The van der Waals surface area contributed by atoms with Gasteiger partial charge in [0, 0.05) is 11.2 Å². The minimum absolute atomic E-state index is 0.456. The van der Waals surface area contributed by atoms with Gasteiger partial charge in [0.2, 0.25) is 6.10 Å². The van der Waals surface area contributed by atoms with Crippen LogP contribution in [-0.2, 0) is 44.5 Å². The highest BCUT2D eigenvalue weighted by atomic mass is 32.2. The van der Waals surface area contributed by atoms with Gasteiger partial charge in [0.05, 0.1) is 16.2 Å². The number of esters is 3. The Bertz CT molecular complexity index is 926. The van der Waals surface area contributed by atoms with Crippen LogP contribution in [0.15, 0.2) is 35.2 Å². The zero-order valence-corrected chi connectivity index (χ0v) is 23.8. The van der Waals surface area contributed by atoms with Gasteiger partial charge in [-0.25, -0.2) is 0 Å². The number of benzene rings is 1. The molecule has 0 spiro atoms. The fourth-order valence-corrected chi connectivity index (χ4v) is 4.58. The molecule has 0 amide bonds. The number of rotatable bonds is 5. The molecular formula is C27H40O8S. The van der Waals surface area contributed by atoms with Crippen molar-refractivity contribution in [2.75, 3.05) is 0 Å². The lowest BCUT2D eigenvalue weighted by Crippen LogP contribution is -2.63. The molecule has 1 heterocycles. The van der Waals surface area contributed by atoms with Gasteiger partial charge >= 0.3 is 17.9 Å². The van der Waals surface area contributed by atoms with Crippen molar-refractivity contribution in [3.8, 4) is 0 Å². The second kappa shape index (κ2) is 11.1. The van der Waals surface area contributed by atoms with Crippen LogP contribution in [0.4, 0.5) is 0 Å². The summed E-state index contributed by atoms with van der Waals surface area (Å²) in [6, 6.07) is 8.61. The van der Waals surface area contributed by atoms with Crippen LogP contribution in [0.2, 0.25) is 0 Å². The minimum Gasteiger partial charge on any atom is -0.609 e. The van der Waals surface area contributed by atoms with E-state index in [-0.39, 0.29) is 0 Å². The van der Waals surface area contributed by atoms with Crippen LogP contribution in [0.1, 0.15) is 69.2 Å². The summed E-state index contributed by atoms with van der Waals surface area (Å²) in [4.78, 5) is 39.3. The van der Waals surface area contributed by atoms with Gasteiger partial charge in [-0.2, -0.15) is 0 Å². The monoisotopic (exact) mass is 524 g/mol. The maximum atomic E-state index is 13.6. The summed E-state index contributed by atoms with van der Waals surface area (Å²) in [5.41, 5.74) is -3.82. The first-order valence-corrected chi connectivity index (χ1v) is 13.3. The van der Waals surface area contributed by atoms with Gasteiger partial charge in [-0.15, -0.1) is 0 Å². The van der Waals surface area contributed by atoms with Crippen LogP contribution in [0, 0.1) is 16.2 Å². The van der Waals surface area contributed by atoms with Gasteiger partial charge in [-0.3, -0.25) is 14.4 Å².